The molecule has 0 radical (unpaired) electrons. The molecule has 2 rings (SSSR count). The maximum absolute atomic E-state index is 4.90. The fraction of sp³-hybridized carbons (Fsp3) is 0.364. The van der Waals surface area contributed by atoms with E-state index in [4.69, 9.17) is 9.98 Å². The van der Waals surface area contributed by atoms with E-state index in [1.807, 2.05) is 0 Å². The zero-order valence-electron chi connectivity index (χ0n) is 15.9. The third kappa shape index (κ3) is 4.00. The van der Waals surface area contributed by atoms with E-state index in [-0.39, 0.29) is 5.92 Å². The van der Waals surface area contributed by atoms with E-state index in [9.17, 15) is 0 Å². The van der Waals surface area contributed by atoms with Crippen molar-refractivity contribution in [3.8, 4) is 0 Å². The van der Waals surface area contributed by atoms with Crippen LogP contribution >= 0.6 is 0 Å². The van der Waals surface area contributed by atoms with Crippen molar-refractivity contribution in [1.29, 1.82) is 0 Å². The number of nitrogens with zero attached hydrogens (tertiary/aromatic N) is 2. The van der Waals surface area contributed by atoms with Gasteiger partial charge in [-0.05, 0) is 63.8 Å². The lowest BCUT2D eigenvalue weighted by Gasteiger charge is -2.14. The molecule has 0 aromatic heterocycles. The van der Waals surface area contributed by atoms with Crippen molar-refractivity contribution in [1.82, 2.24) is 0 Å². The van der Waals surface area contributed by atoms with Gasteiger partial charge in [0.25, 0.3) is 0 Å². The Morgan fingerprint density at radius 1 is 0.667 bits per heavy atom. The minimum Gasteiger partial charge on any atom is -0.257 e. The SMILES string of the molecule is C/C(=N/c1c(C)cccc1C)C(C)/C(C)=N/c1c(C)cccc1C. The lowest BCUT2D eigenvalue weighted by molar-refractivity contribution is 1.03. The molecule has 0 fully saturated rings. The number of hydrogen-bond acceptors (Lipinski definition) is 2. The molecule has 126 valence electrons. The highest BCUT2D eigenvalue weighted by Gasteiger charge is 2.12. The second-order valence-electron chi connectivity index (χ2n) is 6.71. The van der Waals surface area contributed by atoms with E-state index in [1.165, 1.54) is 22.3 Å². The highest BCUT2D eigenvalue weighted by Crippen LogP contribution is 2.26. The molecule has 0 N–H and O–H groups in total. The summed E-state index contributed by atoms with van der Waals surface area (Å²) >= 11 is 0. The number of benzene rings is 2. The molecule has 2 heteroatoms. The highest BCUT2D eigenvalue weighted by atomic mass is 14.8. The molecule has 24 heavy (non-hydrogen) atoms. The van der Waals surface area contributed by atoms with Crippen LogP contribution in [0.1, 0.15) is 43.0 Å². The first kappa shape index (κ1) is 18.1. The summed E-state index contributed by atoms with van der Waals surface area (Å²) < 4.78 is 0. The van der Waals surface area contributed by atoms with E-state index in [1.54, 1.807) is 0 Å². The average Bonchev–Trinajstić information content (AvgIpc) is 2.53. The van der Waals surface area contributed by atoms with E-state index < -0.39 is 0 Å². The maximum Gasteiger partial charge on any atom is 0.0687 e. The fourth-order valence-electron chi connectivity index (χ4n) is 2.81. The van der Waals surface area contributed by atoms with Gasteiger partial charge in [0, 0.05) is 17.3 Å². The summed E-state index contributed by atoms with van der Waals surface area (Å²) in [5.41, 5.74) is 9.22. The zero-order chi connectivity index (χ0) is 17.9. The first-order chi connectivity index (χ1) is 11.3. The molecule has 2 nitrogen and oxygen atoms in total. The molecule has 0 saturated carbocycles. The topological polar surface area (TPSA) is 24.7 Å². The van der Waals surface area contributed by atoms with Crippen LogP contribution in [0.3, 0.4) is 0 Å². The Hall–Kier alpha value is -2.22. The molecule has 0 spiro atoms. The molecule has 1 unspecified atom stereocenters. The molecule has 0 saturated heterocycles. The standard InChI is InChI=1S/C22H28N2/c1-14-10-8-11-15(2)21(14)23-19(6)18(5)20(7)24-22-16(3)12-9-13-17(22)4/h8-13,18H,1-7H3/b23-19-,24-20+. The van der Waals surface area contributed by atoms with Gasteiger partial charge in [0.2, 0.25) is 0 Å². The minimum absolute atomic E-state index is 0.211. The van der Waals surface area contributed by atoms with Crippen LogP contribution in [0.5, 0.6) is 0 Å². The second-order valence-corrected chi connectivity index (χ2v) is 6.71. The van der Waals surface area contributed by atoms with Gasteiger partial charge in [-0.1, -0.05) is 43.3 Å². The Bertz CT molecular complexity index is 690. The minimum atomic E-state index is 0.211. The molecule has 0 aliphatic rings. The van der Waals surface area contributed by atoms with Gasteiger partial charge in [0.05, 0.1) is 11.4 Å². The van der Waals surface area contributed by atoms with Crippen molar-refractivity contribution in [2.24, 2.45) is 15.9 Å². The summed E-state index contributed by atoms with van der Waals surface area (Å²) in [6.45, 7) is 14.8. The van der Waals surface area contributed by atoms with Crippen LogP contribution in [-0.4, -0.2) is 11.4 Å². The summed E-state index contributed by atoms with van der Waals surface area (Å²) in [4.78, 5) is 9.80. The Labute approximate surface area is 146 Å². The molecule has 0 heterocycles. The lowest BCUT2D eigenvalue weighted by atomic mass is 10.0. The Kier molecular flexibility index (Phi) is 5.71. The summed E-state index contributed by atoms with van der Waals surface area (Å²) in [6.07, 6.45) is 0. The highest BCUT2D eigenvalue weighted by molar-refractivity contribution is 6.07. The smallest absolute Gasteiger partial charge is 0.0687 e. The molecule has 0 amide bonds. The molecule has 2 aromatic carbocycles. The first-order valence-electron chi connectivity index (χ1n) is 8.54. The van der Waals surface area contributed by atoms with Crippen LogP contribution in [0.2, 0.25) is 0 Å². The summed E-state index contributed by atoms with van der Waals surface area (Å²) in [5, 5.41) is 0. The molecule has 1 atom stereocenters. The third-order valence-corrected chi connectivity index (χ3v) is 4.71. The first-order valence-corrected chi connectivity index (χ1v) is 8.54. The predicted octanol–water partition coefficient (Wildman–Crippen LogP) is 6.44. The lowest BCUT2D eigenvalue weighted by Crippen LogP contribution is -2.16. The van der Waals surface area contributed by atoms with E-state index >= 15 is 0 Å². The van der Waals surface area contributed by atoms with Crippen molar-refractivity contribution in [3.63, 3.8) is 0 Å². The van der Waals surface area contributed by atoms with Gasteiger partial charge in [-0.2, -0.15) is 0 Å². The summed E-state index contributed by atoms with van der Waals surface area (Å²) in [6, 6.07) is 12.6. The number of aryl methyl sites for hydroxylation is 4. The second kappa shape index (κ2) is 7.57. The van der Waals surface area contributed by atoms with Gasteiger partial charge in [0.1, 0.15) is 0 Å². The molecular formula is C22H28N2. The van der Waals surface area contributed by atoms with Crippen molar-refractivity contribution in [2.45, 2.75) is 48.5 Å². The van der Waals surface area contributed by atoms with Gasteiger partial charge in [-0.25, -0.2) is 0 Å². The number of hydrogen-bond donors (Lipinski definition) is 0. The van der Waals surface area contributed by atoms with Gasteiger partial charge >= 0.3 is 0 Å². The van der Waals surface area contributed by atoms with Crippen molar-refractivity contribution in [3.05, 3.63) is 58.7 Å². The average molecular weight is 320 g/mol. The fourth-order valence-corrected chi connectivity index (χ4v) is 2.81. The van der Waals surface area contributed by atoms with Gasteiger partial charge < -0.3 is 0 Å². The van der Waals surface area contributed by atoms with E-state index in [2.05, 4.69) is 84.9 Å². The van der Waals surface area contributed by atoms with Crippen LogP contribution in [0.4, 0.5) is 11.4 Å². The van der Waals surface area contributed by atoms with Crippen LogP contribution in [0.15, 0.2) is 46.4 Å². The van der Waals surface area contributed by atoms with E-state index in [0.717, 1.165) is 22.8 Å². The maximum atomic E-state index is 4.90. The Morgan fingerprint density at radius 3 is 1.25 bits per heavy atom. The Morgan fingerprint density at radius 2 is 0.958 bits per heavy atom. The number of para-hydroxylation sites is 2. The molecule has 0 bridgehead atoms. The van der Waals surface area contributed by atoms with Crippen molar-refractivity contribution >= 4 is 22.8 Å². The van der Waals surface area contributed by atoms with Crippen molar-refractivity contribution in [2.75, 3.05) is 0 Å². The monoisotopic (exact) mass is 320 g/mol. The third-order valence-electron chi connectivity index (χ3n) is 4.71. The summed E-state index contributed by atoms with van der Waals surface area (Å²) in [7, 11) is 0. The van der Waals surface area contributed by atoms with Crippen LogP contribution in [-0.2, 0) is 0 Å². The van der Waals surface area contributed by atoms with Gasteiger partial charge in [-0.3, -0.25) is 9.98 Å². The zero-order valence-corrected chi connectivity index (χ0v) is 15.9. The quantitative estimate of drug-likeness (QED) is 0.579. The van der Waals surface area contributed by atoms with Crippen LogP contribution in [0.25, 0.3) is 0 Å². The molecule has 0 aliphatic carbocycles. The Balaban J connectivity index is 2.35. The number of rotatable bonds is 4. The largest absolute Gasteiger partial charge is 0.257 e. The number of aliphatic imine (C=N–C) groups is 2. The van der Waals surface area contributed by atoms with Gasteiger partial charge in [0.15, 0.2) is 0 Å². The predicted molar refractivity (Wildman–Crippen MR) is 107 cm³/mol. The van der Waals surface area contributed by atoms with Crippen LogP contribution in [0, 0.1) is 33.6 Å². The van der Waals surface area contributed by atoms with Crippen LogP contribution < -0.4 is 0 Å². The molecular weight excluding hydrogens is 292 g/mol. The molecule has 0 aliphatic heterocycles. The summed E-state index contributed by atoms with van der Waals surface area (Å²) in [5.74, 6) is 0.211. The normalized spacial score (nSPS) is 14.0. The van der Waals surface area contributed by atoms with Crippen molar-refractivity contribution < 1.29 is 0 Å². The van der Waals surface area contributed by atoms with Gasteiger partial charge in [-0.15, -0.1) is 0 Å². The molecule has 2 aromatic rings. The van der Waals surface area contributed by atoms with E-state index in [0.29, 0.717) is 0 Å².